The molecule has 1 aromatic carbocycles. The van der Waals surface area contributed by atoms with E-state index in [1.54, 1.807) is 31.2 Å². The van der Waals surface area contributed by atoms with E-state index in [1.807, 2.05) is 0 Å². The highest BCUT2D eigenvalue weighted by molar-refractivity contribution is 5.82. The largest absolute Gasteiger partial charge is 0.481 e. The van der Waals surface area contributed by atoms with Crippen molar-refractivity contribution in [1.82, 2.24) is 5.32 Å². The summed E-state index contributed by atoms with van der Waals surface area (Å²) in [7, 11) is 0. The normalized spacial score (nSPS) is 15.8. The van der Waals surface area contributed by atoms with Crippen LogP contribution in [0, 0.1) is 0 Å². The molecule has 1 atom stereocenters. The van der Waals surface area contributed by atoms with Gasteiger partial charge in [0.05, 0.1) is 0 Å². The summed E-state index contributed by atoms with van der Waals surface area (Å²) in [5.74, 6) is 0.382. The number of nitrogens with one attached hydrogen (secondary N) is 1. The van der Waals surface area contributed by atoms with Gasteiger partial charge < -0.3 is 14.5 Å². The van der Waals surface area contributed by atoms with E-state index in [0.717, 1.165) is 18.2 Å². The molecule has 1 aliphatic rings. The van der Waals surface area contributed by atoms with Crippen molar-refractivity contribution in [1.29, 1.82) is 0 Å². The first-order valence-electron chi connectivity index (χ1n) is 6.63. The third kappa shape index (κ3) is 2.82. The number of rotatable bonds is 4. The number of hydrogen-bond donors (Lipinski definition) is 1. The van der Waals surface area contributed by atoms with Crippen molar-refractivity contribution in [2.75, 3.05) is 0 Å². The third-order valence-corrected chi connectivity index (χ3v) is 3.20. The van der Waals surface area contributed by atoms with E-state index in [1.165, 1.54) is 6.07 Å². The van der Waals surface area contributed by atoms with Gasteiger partial charge in [-0.2, -0.15) is 0 Å². The highest BCUT2D eigenvalue weighted by Crippen LogP contribution is 2.21. The molecular formula is C15H15NO4. The van der Waals surface area contributed by atoms with Gasteiger partial charge in [0.2, 0.25) is 0 Å². The molecule has 1 heterocycles. The lowest BCUT2D eigenvalue weighted by molar-refractivity contribution is -0.127. The minimum Gasteiger partial charge on any atom is -0.481 e. The van der Waals surface area contributed by atoms with Crippen molar-refractivity contribution in [3.63, 3.8) is 0 Å². The van der Waals surface area contributed by atoms with Crippen molar-refractivity contribution >= 4 is 16.9 Å². The number of benzene rings is 1. The van der Waals surface area contributed by atoms with Crippen molar-refractivity contribution in [2.24, 2.45) is 0 Å². The first-order valence-corrected chi connectivity index (χ1v) is 6.63. The molecule has 0 spiro atoms. The van der Waals surface area contributed by atoms with Gasteiger partial charge in [0.15, 0.2) is 6.10 Å². The number of hydrogen-bond acceptors (Lipinski definition) is 4. The van der Waals surface area contributed by atoms with E-state index in [9.17, 15) is 9.59 Å². The molecule has 0 saturated heterocycles. The van der Waals surface area contributed by atoms with Gasteiger partial charge in [-0.15, -0.1) is 0 Å². The number of amides is 1. The molecule has 3 rings (SSSR count). The molecule has 1 N–H and O–H groups in total. The summed E-state index contributed by atoms with van der Waals surface area (Å²) in [6.07, 6.45) is 1.50. The fraction of sp³-hybridized carbons (Fsp3) is 0.333. The smallest absolute Gasteiger partial charge is 0.336 e. The predicted molar refractivity (Wildman–Crippen MR) is 73.7 cm³/mol. The standard InChI is InChI=1S/C15H15NO4/c1-9(15(18)16-11-4-5-11)19-12-6-2-10-3-7-14(17)20-13(10)8-12/h2-3,6-9,11H,4-5H2,1H3,(H,16,18)/t9-/m1/s1. The number of ether oxygens (including phenoxy) is 1. The van der Waals surface area contributed by atoms with Gasteiger partial charge in [-0.1, -0.05) is 0 Å². The molecule has 5 nitrogen and oxygen atoms in total. The Morgan fingerprint density at radius 3 is 2.85 bits per heavy atom. The molecule has 1 aromatic heterocycles. The molecule has 1 amide bonds. The van der Waals surface area contributed by atoms with Crippen LogP contribution in [0.15, 0.2) is 39.5 Å². The average Bonchev–Trinajstić information content (AvgIpc) is 3.22. The summed E-state index contributed by atoms with van der Waals surface area (Å²) >= 11 is 0. The molecule has 1 aliphatic carbocycles. The second-order valence-electron chi connectivity index (χ2n) is 5.00. The van der Waals surface area contributed by atoms with Crippen molar-refractivity contribution in [2.45, 2.75) is 31.9 Å². The van der Waals surface area contributed by atoms with Crippen LogP contribution in [0.4, 0.5) is 0 Å². The third-order valence-electron chi connectivity index (χ3n) is 3.20. The Hall–Kier alpha value is -2.30. The molecule has 1 saturated carbocycles. The lowest BCUT2D eigenvalue weighted by atomic mass is 10.2. The molecule has 0 bridgehead atoms. The summed E-state index contributed by atoms with van der Waals surface area (Å²) in [6.45, 7) is 1.70. The first-order chi connectivity index (χ1) is 9.61. The fourth-order valence-electron chi connectivity index (χ4n) is 1.92. The van der Waals surface area contributed by atoms with E-state index >= 15 is 0 Å². The van der Waals surface area contributed by atoms with Gasteiger partial charge in [0.1, 0.15) is 11.3 Å². The molecule has 104 valence electrons. The Morgan fingerprint density at radius 2 is 2.10 bits per heavy atom. The Morgan fingerprint density at radius 1 is 1.35 bits per heavy atom. The Kier molecular flexibility index (Phi) is 3.18. The average molecular weight is 273 g/mol. The summed E-state index contributed by atoms with van der Waals surface area (Å²) in [5.41, 5.74) is 0.0407. The van der Waals surface area contributed by atoms with Crippen molar-refractivity contribution in [3.8, 4) is 5.75 Å². The second kappa shape index (κ2) is 5.00. The van der Waals surface area contributed by atoms with Gasteiger partial charge in [-0.25, -0.2) is 4.79 Å². The molecule has 0 aliphatic heterocycles. The van der Waals surface area contributed by atoms with Gasteiger partial charge in [-0.05, 0) is 38.0 Å². The monoisotopic (exact) mass is 273 g/mol. The molecule has 20 heavy (non-hydrogen) atoms. The van der Waals surface area contributed by atoms with Crippen LogP contribution in [0.1, 0.15) is 19.8 Å². The molecule has 0 radical (unpaired) electrons. The maximum absolute atomic E-state index is 11.8. The fourth-order valence-corrected chi connectivity index (χ4v) is 1.92. The topological polar surface area (TPSA) is 68.5 Å². The molecule has 1 fully saturated rings. The maximum Gasteiger partial charge on any atom is 0.336 e. The minimum absolute atomic E-state index is 0.123. The lowest BCUT2D eigenvalue weighted by Gasteiger charge is -2.14. The van der Waals surface area contributed by atoms with Gasteiger partial charge in [0, 0.05) is 23.6 Å². The zero-order valence-corrected chi connectivity index (χ0v) is 11.1. The van der Waals surface area contributed by atoms with Crippen LogP contribution < -0.4 is 15.7 Å². The van der Waals surface area contributed by atoms with Crippen LogP contribution in [0.5, 0.6) is 5.75 Å². The summed E-state index contributed by atoms with van der Waals surface area (Å²) < 4.78 is 10.7. The highest BCUT2D eigenvalue weighted by Gasteiger charge is 2.26. The number of fused-ring (bicyclic) bond motifs is 1. The van der Waals surface area contributed by atoms with Crippen LogP contribution in [0.3, 0.4) is 0 Å². The maximum atomic E-state index is 11.8. The molecule has 0 unspecified atom stereocenters. The SMILES string of the molecule is C[C@@H](Oc1ccc2ccc(=O)oc2c1)C(=O)NC1CC1. The van der Waals surface area contributed by atoms with Crippen LogP contribution in [-0.4, -0.2) is 18.1 Å². The molecule has 2 aromatic rings. The summed E-state index contributed by atoms with van der Waals surface area (Å²) in [6, 6.07) is 8.53. The zero-order chi connectivity index (χ0) is 14.1. The van der Waals surface area contributed by atoms with Gasteiger partial charge in [0.25, 0.3) is 5.91 Å². The number of carbonyl (C=O) groups excluding carboxylic acids is 1. The zero-order valence-electron chi connectivity index (χ0n) is 11.1. The Balaban J connectivity index is 1.75. The highest BCUT2D eigenvalue weighted by atomic mass is 16.5. The molecule has 5 heteroatoms. The predicted octanol–water partition coefficient (Wildman–Crippen LogP) is 1.84. The van der Waals surface area contributed by atoms with E-state index in [0.29, 0.717) is 17.4 Å². The minimum atomic E-state index is -0.580. The number of carbonyl (C=O) groups is 1. The summed E-state index contributed by atoms with van der Waals surface area (Å²) in [5, 5.41) is 3.69. The van der Waals surface area contributed by atoms with Crippen molar-refractivity contribution < 1.29 is 13.9 Å². The van der Waals surface area contributed by atoms with E-state index < -0.39 is 11.7 Å². The van der Waals surface area contributed by atoms with Crippen LogP contribution in [0.25, 0.3) is 11.0 Å². The van der Waals surface area contributed by atoms with E-state index in [-0.39, 0.29) is 5.91 Å². The molecular weight excluding hydrogens is 258 g/mol. The Bertz CT molecular complexity index is 702. The van der Waals surface area contributed by atoms with Gasteiger partial charge >= 0.3 is 5.63 Å². The second-order valence-corrected chi connectivity index (χ2v) is 5.00. The summed E-state index contributed by atoms with van der Waals surface area (Å²) in [4.78, 5) is 23.0. The van der Waals surface area contributed by atoms with E-state index in [4.69, 9.17) is 9.15 Å². The van der Waals surface area contributed by atoms with E-state index in [2.05, 4.69) is 5.32 Å². The lowest BCUT2D eigenvalue weighted by Crippen LogP contribution is -2.37. The van der Waals surface area contributed by atoms with Crippen LogP contribution in [0.2, 0.25) is 0 Å². The van der Waals surface area contributed by atoms with Crippen LogP contribution >= 0.6 is 0 Å². The van der Waals surface area contributed by atoms with Gasteiger partial charge in [-0.3, -0.25) is 4.79 Å². The van der Waals surface area contributed by atoms with Crippen molar-refractivity contribution in [3.05, 3.63) is 40.8 Å². The Labute approximate surface area is 115 Å². The first kappa shape index (κ1) is 12.7. The quantitative estimate of drug-likeness (QED) is 0.863. The van der Waals surface area contributed by atoms with Crippen LogP contribution in [-0.2, 0) is 4.79 Å².